The molecule has 1 unspecified atom stereocenters. The van der Waals surface area contributed by atoms with Crippen LogP contribution in [-0.2, 0) is 9.59 Å². The number of ether oxygens (including phenoxy) is 3. The van der Waals surface area contributed by atoms with E-state index in [2.05, 4.69) is 10.5 Å². The van der Waals surface area contributed by atoms with Crippen LogP contribution in [0.15, 0.2) is 84.0 Å². The van der Waals surface area contributed by atoms with Gasteiger partial charge < -0.3 is 14.2 Å². The molecule has 0 aliphatic rings. The van der Waals surface area contributed by atoms with Gasteiger partial charge in [0.15, 0.2) is 17.6 Å². The van der Waals surface area contributed by atoms with Crippen molar-refractivity contribution in [2.45, 2.75) is 13.0 Å². The zero-order chi connectivity index (χ0) is 24.3. The van der Waals surface area contributed by atoms with Gasteiger partial charge in [0.25, 0.3) is 5.91 Å². The number of methoxy groups -OCH3 is 1. The van der Waals surface area contributed by atoms with E-state index in [-0.39, 0.29) is 5.75 Å². The van der Waals surface area contributed by atoms with E-state index in [1.165, 1.54) is 19.4 Å². The Hall–Kier alpha value is -4.10. The summed E-state index contributed by atoms with van der Waals surface area (Å²) in [6, 6.07) is 21.1. The summed E-state index contributed by atoms with van der Waals surface area (Å²) in [7, 11) is 1.46. The van der Waals surface area contributed by atoms with Crippen molar-refractivity contribution in [3.05, 3.63) is 95.0 Å². The second-order valence-electron chi connectivity index (χ2n) is 7.03. The fraction of sp³-hybridized carbons (Fsp3) is 0.115. The lowest BCUT2D eigenvalue weighted by Gasteiger charge is -2.13. The van der Waals surface area contributed by atoms with Crippen LogP contribution in [0, 0.1) is 0 Å². The minimum atomic E-state index is -0.782. The van der Waals surface area contributed by atoms with E-state index in [0.717, 1.165) is 5.56 Å². The number of nitrogens with zero attached hydrogens (tertiary/aromatic N) is 1. The van der Waals surface area contributed by atoms with E-state index in [1.807, 2.05) is 30.3 Å². The van der Waals surface area contributed by atoms with Crippen molar-refractivity contribution in [2.24, 2.45) is 5.10 Å². The molecular formula is C26H23ClN2O5. The normalized spacial score (nSPS) is 11.9. The largest absolute Gasteiger partial charge is 0.493 e. The van der Waals surface area contributed by atoms with Gasteiger partial charge in [0, 0.05) is 11.1 Å². The van der Waals surface area contributed by atoms with Gasteiger partial charge in [-0.05, 0) is 60.5 Å². The Bertz CT molecular complexity index is 1190. The molecule has 0 aromatic heterocycles. The number of carbonyl (C=O) groups is 2. The third kappa shape index (κ3) is 7.50. The molecule has 1 amide bonds. The van der Waals surface area contributed by atoms with Crippen molar-refractivity contribution in [3.8, 4) is 17.2 Å². The molecule has 1 N–H and O–H groups in total. The van der Waals surface area contributed by atoms with Crippen LogP contribution in [0.3, 0.4) is 0 Å². The smallest absolute Gasteiger partial charge is 0.336 e. The summed E-state index contributed by atoms with van der Waals surface area (Å²) in [5.74, 6) is 0.112. The van der Waals surface area contributed by atoms with Crippen LogP contribution in [0.5, 0.6) is 17.2 Å². The first-order valence-electron chi connectivity index (χ1n) is 10.3. The van der Waals surface area contributed by atoms with Crippen molar-refractivity contribution in [1.82, 2.24) is 5.43 Å². The molecule has 0 fully saturated rings. The van der Waals surface area contributed by atoms with Crippen molar-refractivity contribution < 1.29 is 23.8 Å². The van der Waals surface area contributed by atoms with Crippen molar-refractivity contribution in [1.29, 1.82) is 0 Å². The highest BCUT2D eigenvalue weighted by Gasteiger charge is 2.14. The second-order valence-corrected chi connectivity index (χ2v) is 7.46. The molecule has 174 valence electrons. The van der Waals surface area contributed by atoms with Gasteiger partial charge in [-0.1, -0.05) is 48.0 Å². The number of hydrazone groups is 1. The average Bonchev–Trinajstić information content (AvgIpc) is 2.84. The molecule has 0 saturated carbocycles. The third-order valence-corrected chi connectivity index (χ3v) is 4.71. The van der Waals surface area contributed by atoms with Crippen LogP contribution >= 0.6 is 11.6 Å². The molecule has 3 rings (SSSR count). The molecule has 1 atom stereocenters. The van der Waals surface area contributed by atoms with Crippen LogP contribution in [0.2, 0.25) is 5.02 Å². The first-order valence-corrected chi connectivity index (χ1v) is 10.7. The summed E-state index contributed by atoms with van der Waals surface area (Å²) in [4.78, 5) is 24.4. The number of carbonyl (C=O) groups excluding carboxylic acids is 2. The maximum absolute atomic E-state index is 12.2. The lowest BCUT2D eigenvalue weighted by atomic mass is 10.2. The summed E-state index contributed by atoms with van der Waals surface area (Å²) < 4.78 is 16.2. The predicted octanol–water partition coefficient (Wildman–Crippen LogP) is 4.89. The zero-order valence-electron chi connectivity index (χ0n) is 18.6. The molecule has 3 aromatic rings. The number of hydrogen-bond donors (Lipinski definition) is 1. The highest BCUT2D eigenvalue weighted by Crippen LogP contribution is 2.28. The molecule has 7 nitrogen and oxygen atoms in total. The number of amides is 1. The van der Waals surface area contributed by atoms with Gasteiger partial charge in [-0.25, -0.2) is 10.2 Å². The molecule has 0 spiro atoms. The number of benzene rings is 3. The fourth-order valence-corrected chi connectivity index (χ4v) is 2.96. The van der Waals surface area contributed by atoms with Crippen LogP contribution in [-0.4, -0.2) is 31.3 Å². The molecule has 0 heterocycles. The van der Waals surface area contributed by atoms with Gasteiger partial charge in [-0.3, -0.25) is 4.79 Å². The summed E-state index contributed by atoms with van der Waals surface area (Å²) in [5, 5.41) is 4.46. The maximum atomic E-state index is 12.2. The minimum Gasteiger partial charge on any atom is -0.493 e. The zero-order valence-corrected chi connectivity index (χ0v) is 19.4. The van der Waals surface area contributed by atoms with Crippen molar-refractivity contribution >= 4 is 35.8 Å². The van der Waals surface area contributed by atoms with E-state index in [0.29, 0.717) is 22.1 Å². The Balaban J connectivity index is 1.56. The Kier molecular flexibility index (Phi) is 8.82. The second kappa shape index (κ2) is 12.2. The highest BCUT2D eigenvalue weighted by molar-refractivity contribution is 6.30. The molecule has 0 bridgehead atoms. The molecule has 0 saturated heterocycles. The van der Waals surface area contributed by atoms with Gasteiger partial charge >= 0.3 is 5.97 Å². The number of rotatable bonds is 9. The minimum absolute atomic E-state index is 0.259. The highest BCUT2D eigenvalue weighted by atomic mass is 35.5. The Morgan fingerprint density at radius 1 is 0.971 bits per heavy atom. The van der Waals surface area contributed by atoms with E-state index >= 15 is 0 Å². The van der Waals surface area contributed by atoms with Gasteiger partial charge in [-0.2, -0.15) is 5.10 Å². The number of halogens is 1. The molecule has 34 heavy (non-hydrogen) atoms. The van der Waals surface area contributed by atoms with Crippen LogP contribution < -0.4 is 19.6 Å². The van der Waals surface area contributed by atoms with E-state index in [4.69, 9.17) is 25.8 Å². The topological polar surface area (TPSA) is 86.2 Å². The van der Waals surface area contributed by atoms with Gasteiger partial charge in [0.05, 0.1) is 13.3 Å². The van der Waals surface area contributed by atoms with E-state index < -0.39 is 18.0 Å². The Morgan fingerprint density at radius 3 is 2.50 bits per heavy atom. The monoisotopic (exact) mass is 478 g/mol. The van der Waals surface area contributed by atoms with Crippen LogP contribution in [0.1, 0.15) is 18.1 Å². The number of esters is 1. The molecule has 8 heteroatoms. The Morgan fingerprint density at radius 2 is 1.76 bits per heavy atom. The average molecular weight is 479 g/mol. The number of hydrogen-bond acceptors (Lipinski definition) is 6. The first kappa shape index (κ1) is 24.5. The van der Waals surface area contributed by atoms with Crippen LogP contribution in [0.25, 0.3) is 6.08 Å². The molecule has 0 radical (unpaired) electrons. The molecular weight excluding hydrogens is 456 g/mol. The predicted molar refractivity (Wildman–Crippen MR) is 131 cm³/mol. The van der Waals surface area contributed by atoms with Crippen LogP contribution in [0.4, 0.5) is 0 Å². The van der Waals surface area contributed by atoms with Crippen molar-refractivity contribution in [2.75, 3.05) is 7.11 Å². The summed E-state index contributed by atoms with van der Waals surface area (Å²) in [6.45, 7) is 1.60. The number of nitrogens with one attached hydrogen (secondary N) is 1. The summed E-state index contributed by atoms with van der Waals surface area (Å²) in [5.41, 5.74) is 3.93. The molecule has 0 aliphatic carbocycles. The Labute approximate surface area is 202 Å². The third-order valence-electron chi connectivity index (χ3n) is 4.48. The van der Waals surface area contributed by atoms with Gasteiger partial charge in [0.1, 0.15) is 5.75 Å². The van der Waals surface area contributed by atoms with Gasteiger partial charge in [-0.15, -0.1) is 0 Å². The fourth-order valence-electron chi connectivity index (χ4n) is 2.78. The van der Waals surface area contributed by atoms with E-state index in [9.17, 15) is 9.59 Å². The van der Waals surface area contributed by atoms with Crippen molar-refractivity contribution in [3.63, 3.8) is 0 Å². The SMILES string of the molecule is COc1cc(C=NNC(=O)C(C)Oc2cccc(Cl)c2)ccc1OC(=O)C=Cc1ccccc1. The maximum Gasteiger partial charge on any atom is 0.336 e. The lowest BCUT2D eigenvalue weighted by Crippen LogP contribution is -2.33. The summed E-state index contributed by atoms with van der Waals surface area (Å²) >= 11 is 5.92. The summed E-state index contributed by atoms with van der Waals surface area (Å²) in [6.07, 6.45) is 3.66. The quantitative estimate of drug-likeness (QED) is 0.156. The van der Waals surface area contributed by atoms with E-state index in [1.54, 1.807) is 55.5 Å². The van der Waals surface area contributed by atoms with Gasteiger partial charge in [0.2, 0.25) is 0 Å². The first-order chi connectivity index (χ1) is 16.4. The standard InChI is InChI=1S/C26H23ClN2O5/c1-18(33-22-10-6-9-21(27)16-22)26(31)29-28-17-20-11-13-23(24(15-20)32-2)34-25(30)14-12-19-7-4-3-5-8-19/h3-18H,1-2H3,(H,29,31). The molecule has 3 aromatic carbocycles. The lowest BCUT2D eigenvalue weighted by molar-refractivity contribution is -0.129. The molecule has 0 aliphatic heterocycles.